The minimum absolute atomic E-state index is 0.00373. The third kappa shape index (κ3) is 3.34. The minimum Gasteiger partial charge on any atom is -0.396 e. The lowest BCUT2D eigenvalue weighted by Crippen LogP contribution is -2.39. The van der Waals surface area contributed by atoms with E-state index in [1.165, 1.54) is 0 Å². The van der Waals surface area contributed by atoms with Crippen LogP contribution in [0.5, 0.6) is 0 Å². The summed E-state index contributed by atoms with van der Waals surface area (Å²) in [6, 6.07) is 8.89. The average molecular weight is 330 g/mol. The van der Waals surface area contributed by atoms with Gasteiger partial charge in [0.15, 0.2) is 5.43 Å². The lowest BCUT2D eigenvalue weighted by Gasteiger charge is -2.24. The number of carbonyl (C=O) groups excluding carboxylic acids is 1. The molecule has 3 rings (SSSR count). The van der Waals surface area contributed by atoms with Crippen molar-refractivity contribution in [3.63, 3.8) is 0 Å². The molecule has 0 bridgehead atoms. The zero-order valence-corrected chi connectivity index (χ0v) is 13.8. The fourth-order valence-corrected chi connectivity index (χ4v) is 3.12. The Morgan fingerprint density at radius 2 is 2.17 bits per heavy atom. The number of carbonyl (C=O) groups is 1. The Balaban J connectivity index is 1.89. The van der Waals surface area contributed by atoms with Gasteiger partial charge in [0.2, 0.25) is 5.91 Å². The van der Waals surface area contributed by atoms with Crippen molar-refractivity contribution in [2.45, 2.75) is 13.5 Å². The third-order valence-corrected chi connectivity index (χ3v) is 4.47. The maximum Gasteiger partial charge on any atom is 0.242 e. The number of aryl methyl sites for hydroxylation is 1. The van der Waals surface area contributed by atoms with Gasteiger partial charge in [-0.1, -0.05) is 12.1 Å². The van der Waals surface area contributed by atoms with Crippen LogP contribution in [-0.4, -0.2) is 53.4 Å². The first kappa shape index (κ1) is 16.7. The standard InChI is InChI=1S/C18H22N2O4/c1-13-8-17(22)15-4-2-3-5-16(15)20(13)10-18(23)19-6-7-24-12-14(9-19)11-21/h2-5,8,14,21H,6-7,9-12H2,1H3/t14-/m0/s1. The van der Waals surface area contributed by atoms with Gasteiger partial charge in [0, 0.05) is 42.8 Å². The van der Waals surface area contributed by atoms with Crippen LogP contribution in [0, 0.1) is 12.8 Å². The van der Waals surface area contributed by atoms with Gasteiger partial charge < -0.3 is 19.3 Å². The van der Waals surface area contributed by atoms with Crippen LogP contribution >= 0.6 is 0 Å². The number of pyridine rings is 1. The molecule has 0 saturated carbocycles. The van der Waals surface area contributed by atoms with Crippen LogP contribution < -0.4 is 5.43 Å². The summed E-state index contributed by atoms with van der Waals surface area (Å²) in [6.07, 6.45) is 0. The van der Waals surface area contributed by atoms with Crippen LogP contribution in [-0.2, 0) is 16.1 Å². The number of benzene rings is 1. The molecule has 0 spiro atoms. The molecular weight excluding hydrogens is 308 g/mol. The van der Waals surface area contributed by atoms with E-state index in [-0.39, 0.29) is 30.4 Å². The summed E-state index contributed by atoms with van der Waals surface area (Å²) < 4.78 is 7.31. The monoisotopic (exact) mass is 330 g/mol. The van der Waals surface area contributed by atoms with Gasteiger partial charge in [0.05, 0.1) is 18.7 Å². The number of aliphatic hydroxyl groups is 1. The lowest BCUT2D eigenvalue weighted by atomic mass is 10.1. The highest BCUT2D eigenvalue weighted by Gasteiger charge is 2.22. The summed E-state index contributed by atoms with van der Waals surface area (Å²) in [6.45, 7) is 3.98. The van der Waals surface area contributed by atoms with Crippen LogP contribution in [0.25, 0.3) is 10.9 Å². The zero-order valence-electron chi connectivity index (χ0n) is 13.8. The number of ether oxygens (including phenoxy) is 1. The van der Waals surface area contributed by atoms with Crippen molar-refractivity contribution in [3.05, 3.63) is 46.2 Å². The second-order valence-corrected chi connectivity index (χ2v) is 6.22. The highest BCUT2D eigenvalue weighted by molar-refractivity contribution is 5.82. The van der Waals surface area contributed by atoms with Crippen molar-refractivity contribution in [1.29, 1.82) is 0 Å². The Hall–Kier alpha value is -2.18. The number of amides is 1. The summed E-state index contributed by atoms with van der Waals surface area (Å²) >= 11 is 0. The Bertz CT molecular complexity index is 799. The molecule has 6 heteroatoms. The quantitative estimate of drug-likeness (QED) is 0.903. The van der Waals surface area contributed by atoms with E-state index in [0.717, 1.165) is 11.2 Å². The summed E-state index contributed by atoms with van der Waals surface area (Å²) in [7, 11) is 0. The van der Waals surface area contributed by atoms with E-state index in [2.05, 4.69) is 0 Å². The van der Waals surface area contributed by atoms with E-state index < -0.39 is 0 Å². The molecule has 6 nitrogen and oxygen atoms in total. The van der Waals surface area contributed by atoms with Crippen molar-refractivity contribution in [2.75, 3.05) is 32.9 Å². The van der Waals surface area contributed by atoms with Gasteiger partial charge in [-0.25, -0.2) is 0 Å². The first-order chi connectivity index (χ1) is 11.6. The van der Waals surface area contributed by atoms with Gasteiger partial charge >= 0.3 is 0 Å². The van der Waals surface area contributed by atoms with E-state index in [9.17, 15) is 14.7 Å². The average Bonchev–Trinajstić information content (AvgIpc) is 2.84. The SMILES string of the molecule is Cc1cc(=O)c2ccccc2n1CC(=O)N1CCOC[C@H](CO)C1. The number of para-hydroxylation sites is 1. The van der Waals surface area contributed by atoms with E-state index in [1.54, 1.807) is 17.0 Å². The first-order valence-corrected chi connectivity index (χ1v) is 8.15. The molecule has 1 aliphatic heterocycles. The number of hydrogen-bond donors (Lipinski definition) is 1. The predicted octanol–water partition coefficient (Wildman–Crippen LogP) is 0.777. The second kappa shape index (κ2) is 7.15. The zero-order chi connectivity index (χ0) is 17.1. The van der Waals surface area contributed by atoms with Crippen molar-refractivity contribution < 1.29 is 14.6 Å². The molecule has 1 amide bonds. The fourth-order valence-electron chi connectivity index (χ4n) is 3.12. The number of nitrogens with zero attached hydrogens (tertiary/aromatic N) is 2. The molecule has 1 atom stereocenters. The Morgan fingerprint density at radius 1 is 1.38 bits per heavy atom. The van der Waals surface area contributed by atoms with Gasteiger partial charge in [0.25, 0.3) is 0 Å². The topological polar surface area (TPSA) is 71.8 Å². The number of rotatable bonds is 3. The third-order valence-electron chi connectivity index (χ3n) is 4.47. The van der Waals surface area contributed by atoms with Gasteiger partial charge in [-0.05, 0) is 19.1 Å². The van der Waals surface area contributed by atoms with Crippen LogP contribution in [0.3, 0.4) is 0 Å². The second-order valence-electron chi connectivity index (χ2n) is 6.22. The number of hydrogen-bond acceptors (Lipinski definition) is 4. The summed E-state index contributed by atoms with van der Waals surface area (Å²) in [4.78, 5) is 26.6. The fraction of sp³-hybridized carbons (Fsp3) is 0.444. The lowest BCUT2D eigenvalue weighted by molar-refractivity contribution is -0.132. The van der Waals surface area contributed by atoms with Crippen molar-refractivity contribution >= 4 is 16.8 Å². The molecule has 0 aliphatic carbocycles. The van der Waals surface area contributed by atoms with Crippen LogP contribution in [0.2, 0.25) is 0 Å². The molecule has 24 heavy (non-hydrogen) atoms. The summed E-state index contributed by atoms with van der Waals surface area (Å²) in [5, 5.41) is 9.98. The first-order valence-electron chi connectivity index (χ1n) is 8.15. The molecule has 2 aromatic rings. The Kier molecular flexibility index (Phi) is 4.97. The predicted molar refractivity (Wildman–Crippen MR) is 90.9 cm³/mol. The number of aromatic nitrogens is 1. The van der Waals surface area contributed by atoms with Crippen LogP contribution in [0.15, 0.2) is 35.1 Å². The van der Waals surface area contributed by atoms with Gasteiger partial charge in [-0.3, -0.25) is 9.59 Å². The van der Waals surface area contributed by atoms with E-state index >= 15 is 0 Å². The molecule has 128 valence electrons. The van der Waals surface area contributed by atoms with E-state index in [0.29, 0.717) is 31.7 Å². The van der Waals surface area contributed by atoms with Crippen LogP contribution in [0.4, 0.5) is 0 Å². The molecule has 1 aromatic carbocycles. The number of aliphatic hydroxyl groups excluding tert-OH is 1. The molecular formula is C18H22N2O4. The molecule has 1 N–H and O–H groups in total. The molecule has 1 saturated heterocycles. The van der Waals surface area contributed by atoms with Crippen LogP contribution in [0.1, 0.15) is 5.69 Å². The molecule has 2 heterocycles. The summed E-state index contributed by atoms with van der Waals surface area (Å²) in [5.74, 6) is -0.0841. The highest BCUT2D eigenvalue weighted by Crippen LogP contribution is 2.14. The van der Waals surface area contributed by atoms with Gasteiger partial charge in [0.1, 0.15) is 6.54 Å². The molecule has 1 aromatic heterocycles. The largest absolute Gasteiger partial charge is 0.396 e. The number of fused-ring (bicyclic) bond motifs is 1. The molecule has 0 unspecified atom stereocenters. The minimum atomic E-state index is -0.0525. The normalized spacial score (nSPS) is 18.6. The van der Waals surface area contributed by atoms with E-state index in [4.69, 9.17) is 4.74 Å². The maximum absolute atomic E-state index is 12.8. The van der Waals surface area contributed by atoms with Gasteiger partial charge in [-0.15, -0.1) is 0 Å². The maximum atomic E-state index is 12.8. The van der Waals surface area contributed by atoms with E-state index in [1.807, 2.05) is 29.7 Å². The Labute approximate surface area is 140 Å². The van der Waals surface area contributed by atoms with Crippen molar-refractivity contribution in [2.24, 2.45) is 5.92 Å². The molecule has 1 fully saturated rings. The van der Waals surface area contributed by atoms with Crippen molar-refractivity contribution in [1.82, 2.24) is 9.47 Å². The smallest absolute Gasteiger partial charge is 0.242 e. The highest BCUT2D eigenvalue weighted by atomic mass is 16.5. The molecule has 1 aliphatic rings. The van der Waals surface area contributed by atoms with Crippen molar-refractivity contribution in [3.8, 4) is 0 Å². The summed E-state index contributed by atoms with van der Waals surface area (Å²) in [5.41, 5.74) is 1.49. The Morgan fingerprint density at radius 3 is 2.96 bits per heavy atom. The molecule has 0 radical (unpaired) electrons. The van der Waals surface area contributed by atoms with Gasteiger partial charge in [-0.2, -0.15) is 0 Å².